The van der Waals surface area contributed by atoms with Crippen LogP contribution in [0.1, 0.15) is 55.0 Å². The lowest BCUT2D eigenvalue weighted by Crippen LogP contribution is -2.55. The molecule has 1 aromatic carbocycles. The maximum Gasteiger partial charge on any atom is 0.419 e. The number of piperazine rings is 1. The SMILES string of the molecule is C[C@H]1CN(CCCN(C(=O)Nc2ccc(F)c(C(F)(F)F)c2)[C@@H]2CC[C@]3(c4cnc(CN)s4)C[C@H]23)[C@@H](C)CN1C. The molecule has 5 atom stereocenters. The Hall–Kier alpha value is -2.28. The van der Waals surface area contributed by atoms with Gasteiger partial charge in [0.05, 0.1) is 5.56 Å². The van der Waals surface area contributed by atoms with Gasteiger partial charge in [-0.15, -0.1) is 11.3 Å². The summed E-state index contributed by atoms with van der Waals surface area (Å²) < 4.78 is 53.8. The number of carbonyl (C=O) groups is 1. The molecule has 0 spiro atoms. The number of thiazole rings is 1. The Bertz CT molecular complexity index is 1220. The minimum absolute atomic E-state index is 0.00495. The molecule has 2 aromatic rings. The summed E-state index contributed by atoms with van der Waals surface area (Å²) in [6.07, 6.45) is 0.506. The van der Waals surface area contributed by atoms with Crippen molar-refractivity contribution in [1.29, 1.82) is 0 Å². The van der Waals surface area contributed by atoms with E-state index in [4.69, 9.17) is 5.73 Å². The molecule has 3 fully saturated rings. The summed E-state index contributed by atoms with van der Waals surface area (Å²) in [7, 11) is 2.13. The lowest BCUT2D eigenvalue weighted by molar-refractivity contribution is -0.139. The number of rotatable bonds is 8. The number of carbonyl (C=O) groups excluding carboxylic acids is 1. The van der Waals surface area contributed by atoms with Crippen molar-refractivity contribution in [2.24, 2.45) is 11.7 Å². The molecule has 7 nitrogen and oxygen atoms in total. The Balaban J connectivity index is 1.32. The van der Waals surface area contributed by atoms with Crippen molar-refractivity contribution in [3.05, 3.63) is 45.7 Å². The van der Waals surface area contributed by atoms with Crippen molar-refractivity contribution in [3.8, 4) is 0 Å². The zero-order valence-corrected chi connectivity index (χ0v) is 24.0. The van der Waals surface area contributed by atoms with Crippen LogP contribution < -0.4 is 11.1 Å². The van der Waals surface area contributed by atoms with Gasteiger partial charge >= 0.3 is 12.2 Å². The van der Waals surface area contributed by atoms with E-state index < -0.39 is 23.6 Å². The Morgan fingerprint density at radius 2 is 2.05 bits per heavy atom. The molecule has 0 unspecified atom stereocenters. The van der Waals surface area contributed by atoms with Gasteiger partial charge in [-0.25, -0.2) is 14.2 Å². The molecule has 5 rings (SSSR count). The van der Waals surface area contributed by atoms with E-state index in [-0.39, 0.29) is 23.1 Å². The smallest absolute Gasteiger partial charge is 0.325 e. The molecule has 2 aliphatic carbocycles. The second-order valence-electron chi connectivity index (χ2n) is 11.7. The van der Waals surface area contributed by atoms with Crippen LogP contribution in [0.15, 0.2) is 24.4 Å². The van der Waals surface area contributed by atoms with Gasteiger partial charge in [-0.1, -0.05) is 0 Å². The monoisotopic (exact) mass is 582 g/mol. The summed E-state index contributed by atoms with van der Waals surface area (Å²) in [4.78, 5) is 25.9. The molecule has 2 saturated carbocycles. The predicted molar refractivity (Wildman–Crippen MR) is 148 cm³/mol. The van der Waals surface area contributed by atoms with E-state index in [0.717, 1.165) is 56.4 Å². The Morgan fingerprint density at radius 3 is 2.73 bits per heavy atom. The fraction of sp³-hybridized carbons (Fsp3) is 0.643. The van der Waals surface area contributed by atoms with Gasteiger partial charge in [0.15, 0.2) is 0 Å². The normalized spacial score (nSPS) is 28.9. The fourth-order valence-electron chi connectivity index (χ4n) is 6.71. The molecule has 220 valence electrons. The lowest BCUT2D eigenvalue weighted by atomic mass is 10.0. The summed E-state index contributed by atoms with van der Waals surface area (Å²) in [6, 6.07) is 2.95. The molecule has 3 N–H and O–H groups in total. The quantitative estimate of drug-likeness (QED) is 0.422. The standard InChI is InChI=1S/C28H38F4N6OS/c1-17-16-37(18(2)15-36(17)3)9-4-10-38(26(39)35-19-5-6-22(29)20(11-19)28(30,31)32)23-7-8-27(12-21(23)27)24-14-34-25(13-33)40-24/h5-6,11,14,17-18,21,23H,4,7-10,12-13,15-16,33H2,1-3H3,(H,35,39)/t17-,18-,21+,23+,27-/m0/s1. The number of alkyl halides is 3. The first-order valence-corrected chi connectivity index (χ1v) is 14.8. The highest BCUT2D eigenvalue weighted by Gasteiger charge is 2.64. The Labute approximate surface area is 236 Å². The minimum atomic E-state index is -4.85. The first-order chi connectivity index (χ1) is 18.9. The van der Waals surface area contributed by atoms with Crippen LogP contribution in [0.5, 0.6) is 0 Å². The van der Waals surface area contributed by atoms with Gasteiger partial charge in [0.2, 0.25) is 0 Å². The van der Waals surface area contributed by atoms with Gasteiger partial charge in [0.1, 0.15) is 10.8 Å². The summed E-state index contributed by atoms with van der Waals surface area (Å²) in [5.41, 5.74) is 4.32. The number of nitrogens with two attached hydrogens (primary N) is 1. The van der Waals surface area contributed by atoms with E-state index in [0.29, 0.717) is 31.2 Å². The maximum absolute atomic E-state index is 13.9. The fourth-order valence-corrected chi connectivity index (χ4v) is 7.79. The summed E-state index contributed by atoms with van der Waals surface area (Å²) in [6.45, 7) is 8.05. The van der Waals surface area contributed by atoms with Crippen molar-refractivity contribution in [1.82, 2.24) is 19.7 Å². The summed E-state index contributed by atoms with van der Waals surface area (Å²) in [5, 5.41) is 3.54. The van der Waals surface area contributed by atoms with Gasteiger partial charge in [0, 0.05) is 73.0 Å². The van der Waals surface area contributed by atoms with Crippen LogP contribution in [0.4, 0.5) is 28.0 Å². The minimum Gasteiger partial charge on any atom is -0.325 e. The molecule has 0 radical (unpaired) electrons. The van der Waals surface area contributed by atoms with E-state index >= 15 is 0 Å². The first-order valence-electron chi connectivity index (χ1n) is 14.0. The number of nitrogens with one attached hydrogen (secondary N) is 1. The highest BCUT2D eigenvalue weighted by molar-refractivity contribution is 7.11. The van der Waals surface area contributed by atoms with Crippen molar-refractivity contribution in [3.63, 3.8) is 0 Å². The Kier molecular flexibility index (Phi) is 8.17. The van der Waals surface area contributed by atoms with Crippen LogP contribution >= 0.6 is 11.3 Å². The molecule has 0 bridgehead atoms. The van der Waals surface area contributed by atoms with E-state index in [9.17, 15) is 22.4 Å². The van der Waals surface area contributed by atoms with Crippen molar-refractivity contribution in [2.45, 2.75) is 75.8 Å². The van der Waals surface area contributed by atoms with Crippen LogP contribution in [0.2, 0.25) is 0 Å². The molecular weight excluding hydrogens is 544 g/mol. The highest BCUT2D eigenvalue weighted by Crippen LogP contribution is 2.66. The topological polar surface area (TPSA) is 77.7 Å². The molecule has 3 aliphatic rings. The number of amides is 2. The van der Waals surface area contributed by atoms with Crippen molar-refractivity contribution in [2.75, 3.05) is 38.5 Å². The van der Waals surface area contributed by atoms with Gasteiger partial charge in [-0.3, -0.25) is 4.90 Å². The number of nitrogens with zero attached hydrogens (tertiary/aromatic N) is 4. The molecule has 1 aliphatic heterocycles. The molecule has 40 heavy (non-hydrogen) atoms. The third-order valence-corrected chi connectivity index (χ3v) is 10.4. The number of anilines is 1. The van der Waals surface area contributed by atoms with Crippen LogP contribution in [-0.2, 0) is 18.1 Å². The predicted octanol–water partition coefficient (Wildman–Crippen LogP) is 5.13. The van der Waals surface area contributed by atoms with Crippen molar-refractivity contribution < 1.29 is 22.4 Å². The van der Waals surface area contributed by atoms with Crippen LogP contribution in [0, 0.1) is 11.7 Å². The first kappa shape index (κ1) is 29.2. The second kappa shape index (κ2) is 11.2. The average molecular weight is 583 g/mol. The molecule has 12 heteroatoms. The van der Waals surface area contributed by atoms with E-state index in [1.807, 2.05) is 11.1 Å². The average Bonchev–Trinajstić information content (AvgIpc) is 3.24. The van der Waals surface area contributed by atoms with E-state index in [1.54, 1.807) is 11.3 Å². The molecule has 2 heterocycles. The third-order valence-electron chi connectivity index (χ3n) is 9.16. The highest BCUT2D eigenvalue weighted by atomic mass is 32.1. The van der Waals surface area contributed by atoms with E-state index in [1.165, 1.54) is 10.9 Å². The summed E-state index contributed by atoms with van der Waals surface area (Å²) >= 11 is 1.63. The molecule has 2 amide bonds. The van der Waals surface area contributed by atoms with Crippen LogP contribution in [0.25, 0.3) is 0 Å². The zero-order chi connectivity index (χ0) is 28.8. The second-order valence-corrected chi connectivity index (χ2v) is 12.8. The number of urea groups is 1. The summed E-state index contributed by atoms with van der Waals surface area (Å²) in [5.74, 6) is -1.09. The molecule has 1 saturated heterocycles. The molecule has 1 aromatic heterocycles. The largest absolute Gasteiger partial charge is 0.419 e. The number of likely N-dealkylation sites (N-methyl/N-ethyl adjacent to an activating group) is 1. The van der Waals surface area contributed by atoms with Gasteiger partial charge < -0.3 is 20.9 Å². The van der Waals surface area contributed by atoms with Crippen LogP contribution in [-0.4, -0.2) is 77.1 Å². The van der Waals surface area contributed by atoms with Crippen molar-refractivity contribution >= 4 is 23.1 Å². The van der Waals surface area contributed by atoms with Crippen LogP contribution in [0.3, 0.4) is 0 Å². The third kappa shape index (κ3) is 5.73. The van der Waals surface area contributed by atoms with Gasteiger partial charge in [-0.05, 0) is 70.7 Å². The number of halogens is 4. The maximum atomic E-state index is 13.9. The van der Waals surface area contributed by atoms with E-state index in [2.05, 4.69) is 41.0 Å². The number of benzene rings is 1. The number of aromatic nitrogens is 1. The lowest BCUT2D eigenvalue weighted by Gasteiger charge is -2.42. The zero-order valence-electron chi connectivity index (χ0n) is 23.2. The number of fused-ring (bicyclic) bond motifs is 1. The number of hydrogen-bond acceptors (Lipinski definition) is 6. The molecular formula is C28H38F4N6OS. The number of hydrogen-bond donors (Lipinski definition) is 2. The van der Waals surface area contributed by atoms with Gasteiger partial charge in [-0.2, -0.15) is 13.2 Å². The van der Waals surface area contributed by atoms with Gasteiger partial charge in [0.25, 0.3) is 0 Å². The Morgan fingerprint density at radius 1 is 1.27 bits per heavy atom.